The molecule has 29 heavy (non-hydrogen) atoms. The van der Waals surface area contributed by atoms with E-state index < -0.39 is 0 Å². The highest BCUT2D eigenvalue weighted by Gasteiger charge is 2.28. The van der Waals surface area contributed by atoms with Crippen LogP contribution in [0.3, 0.4) is 0 Å². The monoisotopic (exact) mass is 387 g/mol. The summed E-state index contributed by atoms with van der Waals surface area (Å²) in [6, 6.07) is 11.3. The molecule has 2 aromatic heterocycles. The first-order chi connectivity index (χ1) is 14.1. The Labute approximate surface area is 168 Å². The number of rotatable bonds is 5. The van der Waals surface area contributed by atoms with Crippen LogP contribution in [0, 0.1) is 0 Å². The van der Waals surface area contributed by atoms with E-state index in [1.165, 1.54) is 6.92 Å². The van der Waals surface area contributed by atoms with Crippen molar-refractivity contribution in [2.75, 3.05) is 0 Å². The number of aromatic nitrogens is 3. The first-order valence-electron chi connectivity index (χ1n) is 9.38. The number of hydrogen-bond acceptors (Lipinski definition) is 4. The van der Waals surface area contributed by atoms with Crippen LogP contribution in [-0.4, -0.2) is 31.2 Å². The predicted octanol–water partition coefficient (Wildman–Crippen LogP) is 2.85. The third-order valence-corrected chi connectivity index (χ3v) is 4.92. The number of carbonyl (C=O) groups is 2. The smallest absolute Gasteiger partial charge is 0.223 e. The molecule has 3 heterocycles. The lowest BCUT2D eigenvalue weighted by atomic mass is 9.93. The number of benzene rings is 1. The van der Waals surface area contributed by atoms with Crippen molar-refractivity contribution in [3.8, 4) is 5.82 Å². The summed E-state index contributed by atoms with van der Waals surface area (Å²) in [6.07, 6.45) is 10.8. The lowest BCUT2D eigenvalue weighted by Gasteiger charge is -2.32. The molecule has 1 unspecified atom stereocenters. The first kappa shape index (κ1) is 18.6. The summed E-state index contributed by atoms with van der Waals surface area (Å²) >= 11 is 0. The van der Waals surface area contributed by atoms with E-state index in [-0.39, 0.29) is 24.3 Å². The molecule has 1 aromatic carbocycles. The number of pyridine rings is 1. The molecule has 0 saturated heterocycles. The highest BCUT2D eigenvalue weighted by molar-refractivity contribution is 5.81. The van der Waals surface area contributed by atoms with E-state index in [0.29, 0.717) is 6.54 Å². The van der Waals surface area contributed by atoms with Gasteiger partial charge in [-0.15, -0.1) is 0 Å². The fourth-order valence-electron chi connectivity index (χ4n) is 3.43. The average molecular weight is 387 g/mol. The van der Waals surface area contributed by atoms with Gasteiger partial charge in [0.15, 0.2) is 0 Å². The Morgan fingerprint density at radius 2 is 2.03 bits per heavy atom. The van der Waals surface area contributed by atoms with Gasteiger partial charge in [0, 0.05) is 38.3 Å². The summed E-state index contributed by atoms with van der Waals surface area (Å²) in [7, 11) is 0. The SMILES string of the molecule is CC(=O)N1C=Cc2ccccc2C1CC(=O)NCc1ccc(-n2ccnc2)nc1. The molecular formula is C22H21N5O2. The normalized spacial score (nSPS) is 15.1. The van der Waals surface area contributed by atoms with E-state index in [1.807, 2.05) is 53.2 Å². The molecule has 2 amide bonds. The van der Waals surface area contributed by atoms with E-state index in [0.717, 1.165) is 22.5 Å². The number of nitrogens with zero attached hydrogens (tertiary/aromatic N) is 4. The molecular weight excluding hydrogens is 366 g/mol. The topological polar surface area (TPSA) is 80.1 Å². The zero-order valence-corrected chi connectivity index (χ0v) is 16.0. The average Bonchev–Trinajstić information content (AvgIpc) is 3.27. The molecule has 0 radical (unpaired) electrons. The summed E-state index contributed by atoms with van der Waals surface area (Å²) < 4.78 is 1.81. The summed E-state index contributed by atoms with van der Waals surface area (Å²) in [6.45, 7) is 1.89. The minimum Gasteiger partial charge on any atom is -0.352 e. The van der Waals surface area contributed by atoms with Gasteiger partial charge in [-0.05, 0) is 28.8 Å². The van der Waals surface area contributed by atoms with Gasteiger partial charge in [0.1, 0.15) is 12.1 Å². The van der Waals surface area contributed by atoms with Crippen molar-refractivity contribution in [2.24, 2.45) is 0 Å². The van der Waals surface area contributed by atoms with Crippen LogP contribution >= 0.6 is 0 Å². The largest absolute Gasteiger partial charge is 0.352 e. The highest BCUT2D eigenvalue weighted by atomic mass is 16.2. The summed E-state index contributed by atoms with van der Waals surface area (Å²) in [4.78, 5) is 34.7. The predicted molar refractivity (Wildman–Crippen MR) is 109 cm³/mol. The molecule has 7 heteroatoms. The Kier molecular flexibility index (Phi) is 5.20. The van der Waals surface area contributed by atoms with Crippen LogP contribution in [-0.2, 0) is 16.1 Å². The molecule has 7 nitrogen and oxygen atoms in total. The molecule has 0 bridgehead atoms. The van der Waals surface area contributed by atoms with Crippen molar-refractivity contribution in [3.05, 3.63) is 84.2 Å². The van der Waals surface area contributed by atoms with Crippen LogP contribution in [0.4, 0.5) is 0 Å². The van der Waals surface area contributed by atoms with Gasteiger partial charge in [-0.3, -0.25) is 14.2 Å². The lowest BCUT2D eigenvalue weighted by Crippen LogP contribution is -2.35. The van der Waals surface area contributed by atoms with Crippen molar-refractivity contribution in [1.29, 1.82) is 0 Å². The number of nitrogens with one attached hydrogen (secondary N) is 1. The lowest BCUT2D eigenvalue weighted by molar-refractivity contribution is -0.130. The van der Waals surface area contributed by atoms with Gasteiger partial charge >= 0.3 is 0 Å². The van der Waals surface area contributed by atoms with Crippen LogP contribution in [0.1, 0.15) is 36.1 Å². The molecule has 0 fully saturated rings. The molecule has 0 spiro atoms. The minimum absolute atomic E-state index is 0.0900. The summed E-state index contributed by atoms with van der Waals surface area (Å²) in [5.74, 6) is 0.554. The zero-order valence-electron chi connectivity index (χ0n) is 16.0. The van der Waals surface area contributed by atoms with Crippen molar-refractivity contribution in [1.82, 2.24) is 24.8 Å². The van der Waals surface area contributed by atoms with Crippen LogP contribution in [0.5, 0.6) is 0 Å². The van der Waals surface area contributed by atoms with Crippen molar-refractivity contribution >= 4 is 17.9 Å². The Morgan fingerprint density at radius 1 is 1.17 bits per heavy atom. The maximum atomic E-state index is 12.6. The van der Waals surface area contributed by atoms with E-state index >= 15 is 0 Å². The minimum atomic E-state index is -0.310. The Bertz CT molecular complexity index is 1040. The number of imidazole rings is 1. The van der Waals surface area contributed by atoms with E-state index in [2.05, 4.69) is 15.3 Å². The summed E-state index contributed by atoms with van der Waals surface area (Å²) in [5.41, 5.74) is 2.91. The van der Waals surface area contributed by atoms with E-state index in [4.69, 9.17) is 0 Å². The number of carbonyl (C=O) groups excluding carboxylic acids is 2. The molecule has 0 aliphatic carbocycles. The van der Waals surface area contributed by atoms with Gasteiger partial charge in [0.05, 0.1) is 12.5 Å². The van der Waals surface area contributed by atoms with Gasteiger partial charge in [0.25, 0.3) is 0 Å². The van der Waals surface area contributed by atoms with Gasteiger partial charge in [-0.2, -0.15) is 0 Å². The fraction of sp³-hybridized carbons (Fsp3) is 0.182. The van der Waals surface area contributed by atoms with Crippen LogP contribution < -0.4 is 5.32 Å². The molecule has 1 atom stereocenters. The van der Waals surface area contributed by atoms with Crippen molar-refractivity contribution in [2.45, 2.75) is 25.9 Å². The third kappa shape index (κ3) is 4.08. The van der Waals surface area contributed by atoms with Gasteiger partial charge in [-0.1, -0.05) is 30.3 Å². The Balaban J connectivity index is 1.41. The number of amides is 2. The van der Waals surface area contributed by atoms with Crippen LogP contribution in [0.15, 0.2) is 67.5 Å². The van der Waals surface area contributed by atoms with E-state index in [9.17, 15) is 9.59 Å². The first-order valence-corrected chi connectivity index (χ1v) is 9.38. The zero-order chi connectivity index (χ0) is 20.2. The van der Waals surface area contributed by atoms with Crippen LogP contribution in [0.2, 0.25) is 0 Å². The molecule has 146 valence electrons. The second-order valence-corrected chi connectivity index (χ2v) is 6.86. The maximum Gasteiger partial charge on any atom is 0.223 e. The van der Waals surface area contributed by atoms with E-state index in [1.54, 1.807) is 29.8 Å². The molecule has 3 aromatic rings. The second-order valence-electron chi connectivity index (χ2n) is 6.86. The second kappa shape index (κ2) is 8.10. The van der Waals surface area contributed by atoms with Crippen molar-refractivity contribution < 1.29 is 9.59 Å². The quantitative estimate of drug-likeness (QED) is 0.730. The molecule has 1 N–H and O–H groups in total. The van der Waals surface area contributed by atoms with Crippen LogP contribution in [0.25, 0.3) is 11.9 Å². The Hall–Kier alpha value is -3.74. The fourth-order valence-corrected chi connectivity index (χ4v) is 3.43. The summed E-state index contributed by atoms with van der Waals surface area (Å²) in [5, 5.41) is 2.93. The van der Waals surface area contributed by atoms with Gasteiger partial charge in [-0.25, -0.2) is 9.97 Å². The maximum absolute atomic E-state index is 12.6. The van der Waals surface area contributed by atoms with Gasteiger partial charge in [0.2, 0.25) is 11.8 Å². The molecule has 0 saturated carbocycles. The molecule has 1 aliphatic heterocycles. The van der Waals surface area contributed by atoms with Gasteiger partial charge < -0.3 is 10.2 Å². The molecule has 1 aliphatic rings. The Morgan fingerprint density at radius 3 is 2.76 bits per heavy atom. The number of hydrogen-bond donors (Lipinski definition) is 1. The van der Waals surface area contributed by atoms with Crippen molar-refractivity contribution in [3.63, 3.8) is 0 Å². The number of fused-ring (bicyclic) bond motifs is 1. The standard InChI is InChI=1S/C22H21N5O2/c1-16(28)27-10-8-18-4-2-3-5-19(18)20(27)12-22(29)25-14-17-6-7-21(24-13-17)26-11-9-23-15-26/h2-11,13,15,20H,12,14H2,1H3,(H,25,29). The highest BCUT2D eigenvalue weighted by Crippen LogP contribution is 2.32. The molecule has 4 rings (SSSR count). The third-order valence-electron chi connectivity index (χ3n) is 4.92.